The second-order valence-electron chi connectivity index (χ2n) is 11.5. The molecule has 0 fully saturated rings. The van der Waals surface area contributed by atoms with Crippen molar-refractivity contribution < 1.29 is 0 Å². The number of thiazole rings is 1. The Morgan fingerprint density at radius 1 is 0.413 bits per heavy atom. The zero-order chi connectivity index (χ0) is 30.5. The van der Waals surface area contributed by atoms with Crippen molar-refractivity contribution >= 4 is 37.3 Å². The van der Waals surface area contributed by atoms with Gasteiger partial charge in [-0.05, 0) is 41.0 Å². The third-order valence-corrected chi connectivity index (χ3v) is 9.79. The molecule has 0 aliphatic heterocycles. The molecule has 0 amide bonds. The molecule has 0 atom stereocenters. The maximum absolute atomic E-state index is 5.05. The van der Waals surface area contributed by atoms with E-state index in [4.69, 9.17) is 9.97 Å². The molecule has 0 bridgehead atoms. The zero-order valence-corrected chi connectivity index (χ0v) is 25.7. The zero-order valence-electron chi connectivity index (χ0n) is 24.8. The molecule has 4 heteroatoms. The van der Waals surface area contributed by atoms with Crippen molar-refractivity contribution in [2.45, 2.75) is 0 Å². The van der Waals surface area contributed by atoms with Crippen molar-refractivity contribution in [2.24, 2.45) is 0 Å². The summed E-state index contributed by atoms with van der Waals surface area (Å²) in [6.45, 7) is 0. The fourth-order valence-electron chi connectivity index (χ4n) is 6.40. The summed E-state index contributed by atoms with van der Waals surface area (Å²) in [5.74, 6) is 0.723. The van der Waals surface area contributed by atoms with Crippen LogP contribution in [0.1, 0.15) is 0 Å². The molecule has 0 aliphatic rings. The molecule has 216 valence electrons. The highest BCUT2D eigenvalue weighted by Gasteiger charge is 2.19. The first-order chi connectivity index (χ1) is 22.8. The molecule has 3 aromatic heterocycles. The molecular formula is C42H27N3S. The molecule has 6 aromatic carbocycles. The van der Waals surface area contributed by atoms with Crippen molar-refractivity contribution in [3.05, 3.63) is 164 Å². The summed E-state index contributed by atoms with van der Waals surface area (Å²) in [5, 5.41) is 1.25. The van der Waals surface area contributed by atoms with Gasteiger partial charge < -0.3 is 0 Å². The smallest absolute Gasteiger partial charge is 0.160 e. The van der Waals surface area contributed by atoms with Crippen LogP contribution in [-0.2, 0) is 0 Å². The Hall–Kier alpha value is -5.84. The number of hydrogen-bond acceptors (Lipinski definition) is 3. The molecule has 0 saturated carbocycles. The van der Waals surface area contributed by atoms with E-state index in [-0.39, 0.29) is 0 Å². The molecule has 9 rings (SSSR count). The van der Waals surface area contributed by atoms with E-state index in [0.717, 1.165) is 33.9 Å². The van der Waals surface area contributed by atoms with E-state index in [9.17, 15) is 0 Å². The van der Waals surface area contributed by atoms with E-state index in [0.29, 0.717) is 0 Å². The summed E-state index contributed by atoms with van der Waals surface area (Å²) in [6, 6.07) is 57.7. The monoisotopic (exact) mass is 605 g/mol. The van der Waals surface area contributed by atoms with Crippen LogP contribution >= 0.6 is 11.3 Å². The second kappa shape index (κ2) is 11.0. The van der Waals surface area contributed by atoms with Crippen LogP contribution in [-0.4, -0.2) is 14.4 Å². The summed E-state index contributed by atoms with van der Waals surface area (Å²) < 4.78 is 3.72. The van der Waals surface area contributed by atoms with Gasteiger partial charge in [-0.3, -0.25) is 4.40 Å². The van der Waals surface area contributed by atoms with Crippen LogP contribution in [0, 0.1) is 0 Å². The van der Waals surface area contributed by atoms with Gasteiger partial charge in [0.25, 0.3) is 0 Å². The fraction of sp³-hybridized carbons (Fsp3) is 0. The lowest BCUT2D eigenvalue weighted by Crippen LogP contribution is -1.95. The number of benzene rings is 6. The molecular weight excluding hydrogens is 579 g/mol. The number of rotatable bonds is 5. The maximum Gasteiger partial charge on any atom is 0.160 e. The summed E-state index contributed by atoms with van der Waals surface area (Å²) >= 11 is 1.85. The van der Waals surface area contributed by atoms with Gasteiger partial charge in [-0.1, -0.05) is 140 Å². The van der Waals surface area contributed by atoms with Gasteiger partial charge in [0.15, 0.2) is 5.82 Å². The first-order valence-corrected chi connectivity index (χ1v) is 16.2. The van der Waals surface area contributed by atoms with Gasteiger partial charge in [0.05, 0.1) is 27.1 Å². The fourth-order valence-corrected chi connectivity index (χ4v) is 7.63. The minimum atomic E-state index is 0.723. The van der Waals surface area contributed by atoms with Gasteiger partial charge in [0, 0.05) is 27.6 Å². The highest BCUT2D eigenvalue weighted by molar-refractivity contribution is 7.24. The topological polar surface area (TPSA) is 30.2 Å². The lowest BCUT2D eigenvalue weighted by atomic mass is 9.99. The van der Waals surface area contributed by atoms with Crippen LogP contribution in [0.15, 0.2) is 164 Å². The first-order valence-electron chi connectivity index (χ1n) is 15.4. The number of fused-ring (bicyclic) bond motifs is 5. The van der Waals surface area contributed by atoms with E-state index in [1.807, 2.05) is 47.7 Å². The number of aromatic nitrogens is 3. The molecule has 0 spiro atoms. The van der Waals surface area contributed by atoms with E-state index in [2.05, 4.69) is 132 Å². The SMILES string of the molecule is c1ccc(-c2ccc3c(-c4ccc(-c5cc(-c6ccccc6)nc(-c6ccccc6)n5)cc4)c4sc5ccccc5n4c3c2)cc1. The van der Waals surface area contributed by atoms with Crippen LogP contribution in [0.4, 0.5) is 0 Å². The number of hydrogen-bond donors (Lipinski definition) is 0. The largest absolute Gasteiger partial charge is 0.299 e. The first kappa shape index (κ1) is 26.6. The van der Waals surface area contributed by atoms with E-state index in [1.54, 1.807) is 0 Å². The van der Waals surface area contributed by atoms with Crippen LogP contribution in [0.25, 0.3) is 82.1 Å². The predicted molar refractivity (Wildman–Crippen MR) is 193 cm³/mol. The van der Waals surface area contributed by atoms with Crippen molar-refractivity contribution in [1.82, 2.24) is 14.4 Å². The highest BCUT2D eigenvalue weighted by atomic mass is 32.1. The van der Waals surface area contributed by atoms with Crippen LogP contribution in [0.2, 0.25) is 0 Å². The van der Waals surface area contributed by atoms with Crippen molar-refractivity contribution in [1.29, 1.82) is 0 Å². The lowest BCUT2D eigenvalue weighted by molar-refractivity contribution is 1.18. The summed E-state index contributed by atoms with van der Waals surface area (Å²) in [6.07, 6.45) is 0. The van der Waals surface area contributed by atoms with Crippen LogP contribution in [0.5, 0.6) is 0 Å². The third kappa shape index (κ3) is 4.50. The summed E-state index contributed by atoms with van der Waals surface area (Å²) in [7, 11) is 0. The normalized spacial score (nSPS) is 11.5. The van der Waals surface area contributed by atoms with Gasteiger partial charge in [0.1, 0.15) is 4.83 Å². The Balaban J connectivity index is 1.20. The van der Waals surface area contributed by atoms with E-state index >= 15 is 0 Å². The Bertz CT molecular complexity index is 2440. The lowest BCUT2D eigenvalue weighted by Gasteiger charge is -2.10. The maximum atomic E-state index is 5.05. The van der Waals surface area contributed by atoms with Crippen molar-refractivity contribution in [3.8, 4) is 56.2 Å². The highest BCUT2D eigenvalue weighted by Crippen LogP contribution is 2.43. The Morgan fingerprint density at radius 2 is 0.957 bits per heavy atom. The average Bonchev–Trinajstić information content (AvgIpc) is 3.67. The summed E-state index contributed by atoms with van der Waals surface area (Å²) in [5.41, 5.74) is 12.3. The molecule has 0 unspecified atom stereocenters. The van der Waals surface area contributed by atoms with E-state index in [1.165, 1.54) is 48.2 Å². The molecule has 9 aromatic rings. The minimum absolute atomic E-state index is 0.723. The standard InChI is InChI=1S/C42H27N3S/c1-4-12-28(13-5-1)33-24-25-34-38(26-33)45-37-18-10-11-19-39(37)46-42(45)40(34)31-22-20-30(21-23-31)36-27-35(29-14-6-2-7-15-29)43-41(44-36)32-16-8-3-9-17-32/h1-27H. The minimum Gasteiger partial charge on any atom is -0.299 e. The Labute approximate surface area is 270 Å². The van der Waals surface area contributed by atoms with E-state index < -0.39 is 0 Å². The van der Waals surface area contributed by atoms with Gasteiger partial charge >= 0.3 is 0 Å². The summed E-state index contributed by atoms with van der Waals surface area (Å²) in [4.78, 5) is 11.3. The molecule has 46 heavy (non-hydrogen) atoms. The number of para-hydroxylation sites is 1. The molecule has 0 aliphatic carbocycles. The van der Waals surface area contributed by atoms with Gasteiger partial charge in [-0.25, -0.2) is 9.97 Å². The second-order valence-corrected chi connectivity index (χ2v) is 12.5. The Kier molecular flexibility index (Phi) is 6.32. The molecule has 0 saturated heterocycles. The van der Waals surface area contributed by atoms with Gasteiger partial charge in [-0.15, -0.1) is 11.3 Å². The third-order valence-electron chi connectivity index (χ3n) is 8.64. The molecule has 3 heterocycles. The van der Waals surface area contributed by atoms with Crippen LogP contribution in [0.3, 0.4) is 0 Å². The molecule has 0 N–H and O–H groups in total. The Morgan fingerprint density at radius 3 is 1.65 bits per heavy atom. The van der Waals surface area contributed by atoms with Crippen molar-refractivity contribution in [3.63, 3.8) is 0 Å². The van der Waals surface area contributed by atoms with Gasteiger partial charge in [-0.2, -0.15) is 0 Å². The predicted octanol–water partition coefficient (Wildman–Crippen LogP) is 11.4. The quantitative estimate of drug-likeness (QED) is 0.195. The molecule has 3 nitrogen and oxygen atoms in total. The average molecular weight is 606 g/mol. The number of nitrogens with zero attached hydrogens (tertiary/aromatic N) is 3. The van der Waals surface area contributed by atoms with Crippen molar-refractivity contribution in [2.75, 3.05) is 0 Å². The molecule has 0 radical (unpaired) electrons. The van der Waals surface area contributed by atoms with Gasteiger partial charge in [0.2, 0.25) is 0 Å². The van der Waals surface area contributed by atoms with Crippen LogP contribution < -0.4 is 0 Å².